The van der Waals surface area contributed by atoms with Gasteiger partial charge in [-0.25, -0.2) is 0 Å². The molecular formula is C23H23N3O3. The van der Waals surface area contributed by atoms with Crippen LogP contribution in [0.5, 0.6) is 11.5 Å². The van der Waals surface area contributed by atoms with Gasteiger partial charge in [-0.05, 0) is 30.2 Å². The molecule has 2 heterocycles. The number of amides is 1. The van der Waals surface area contributed by atoms with E-state index in [1.807, 2.05) is 54.0 Å². The third kappa shape index (κ3) is 3.90. The van der Waals surface area contributed by atoms with Crippen molar-refractivity contribution in [2.45, 2.75) is 32.4 Å². The molecule has 1 aliphatic rings. The Morgan fingerprint density at radius 2 is 2.00 bits per heavy atom. The van der Waals surface area contributed by atoms with Crippen LogP contribution in [0.15, 0.2) is 48.7 Å². The topological polar surface area (TPSA) is 76.3 Å². The van der Waals surface area contributed by atoms with Crippen molar-refractivity contribution in [2.75, 3.05) is 13.2 Å². The molecule has 0 saturated carbocycles. The minimum atomic E-state index is -0.128. The van der Waals surface area contributed by atoms with Gasteiger partial charge in [0.05, 0.1) is 24.8 Å². The number of ether oxygens (including phenoxy) is 2. The monoisotopic (exact) mass is 389 g/mol. The van der Waals surface area contributed by atoms with Crippen molar-refractivity contribution in [1.82, 2.24) is 9.88 Å². The molecule has 29 heavy (non-hydrogen) atoms. The van der Waals surface area contributed by atoms with E-state index < -0.39 is 0 Å². The van der Waals surface area contributed by atoms with Crippen molar-refractivity contribution >= 4 is 16.8 Å². The van der Waals surface area contributed by atoms with Crippen molar-refractivity contribution < 1.29 is 14.3 Å². The summed E-state index contributed by atoms with van der Waals surface area (Å²) in [6.45, 7) is 3.47. The Bertz CT molecular complexity index is 1080. The Labute approximate surface area is 169 Å². The van der Waals surface area contributed by atoms with Crippen LogP contribution < -0.4 is 14.8 Å². The molecule has 1 aliphatic heterocycles. The number of aromatic nitrogens is 1. The van der Waals surface area contributed by atoms with Crippen LogP contribution in [0, 0.1) is 11.3 Å². The van der Waals surface area contributed by atoms with Gasteiger partial charge in [0.25, 0.3) is 0 Å². The molecule has 1 aromatic heterocycles. The SMILES string of the molecule is CC[C@H](NC(=O)Cn1cc(C#N)c2ccccc21)c1ccc2c(c1)OCCCO2. The van der Waals surface area contributed by atoms with Crippen LogP contribution >= 0.6 is 0 Å². The van der Waals surface area contributed by atoms with E-state index in [9.17, 15) is 10.1 Å². The summed E-state index contributed by atoms with van der Waals surface area (Å²) in [4.78, 5) is 12.8. The van der Waals surface area contributed by atoms with Gasteiger partial charge >= 0.3 is 0 Å². The highest BCUT2D eigenvalue weighted by molar-refractivity contribution is 5.88. The number of hydrogen-bond donors (Lipinski definition) is 1. The first-order valence-corrected chi connectivity index (χ1v) is 9.86. The predicted molar refractivity (Wildman–Crippen MR) is 110 cm³/mol. The highest BCUT2D eigenvalue weighted by Gasteiger charge is 2.18. The van der Waals surface area contributed by atoms with Gasteiger partial charge in [-0.15, -0.1) is 0 Å². The normalized spacial score (nSPS) is 14.1. The summed E-state index contributed by atoms with van der Waals surface area (Å²) in [5, 5.41) is 13.3. The van der Waals surface area contributed by atoms with Gasteiger partial charge < -0.3 is 19.4 Å². The third-order valence-corrected chi connectivity index (χ3v) is 5.14. The van der Waals surface area contributed by atoms with Crippen LogP contribution in [0.2, 0.25) is 0 Å². The number of nitriles is 1. The maximum absolute atomic E-state index is 12.8. The van der Waals surface area contributed by atoms with Crippen LogP contribution in [0.4, 0.5) is 0 Å². The summed E-state index contributed by atoms with van der Waals surface area (Å²) in [7, 11) is 0. The lowest BCUT2D eigenvalue weighted by Gasteiger charge is -2.19. The number of rotatable bonds is 5. The number of carbonyl (C=O) groups is 1. The highest BCUT2D eigenvalue weighted by Crippen LogP contribution is 2.33. The van der Waals surface area contributed by atoms with Gasteiger partial charge in [0.15, 0.2) is 11.5 Å². The smallest absolute Gasteiger partial charge is 0.240 e. The molecule has 0 saturated heterocycles. The first kappa shape index (κ1) is 18.9. The number of carbonyl (C=O) groups excluding carboxylic acids is 1. The fourth-order valence-corrected chi connectivity index (χ4v) is 3.68. The van der Waals surface area contributed by atoms with E-state index in [1.54, 1.807) is 6.20 Å². The zero-order valence-corrected chi connectivity index (χ0v) is 16.4. The van der Waals surface area contributed by atoms with Crippen LogP contribution in [0.1, 0.15) is 36.9 Å². The summed E-state index contributed by atoms with van der Waals surface area (Å²) < 4.78 is 13.3. The number of fused-ring (bicyclic) bond motifs is 2. The number of benzene rings is 2. The Kier molecular flexibility index (Phi) is 5.39. The molecule has 2 aromatic carbocycles. The summed E-state index contributed by atoms with van der Waals surface area (Å²) >= 11 is 0. The Balaban J connectivity index is 1.52. The lowest BCUT2D eigenvalue weighted by Crippen LogP contribution is -2.31. The van der Waals surface area contributed by atoms with Crippen molar-refractivity contribution in [3.05, 3.63) is 59.8 Å². The van der Waals surface area contributed by atoms with E-state index in [0.29, 0.717) is 18.8 Å². The lowest BCUT2D eigenvalue weighted by molar-refractivity contribution is -0.122. The van der Waals surface area contributed by atoms with Gasteiger partial charge in [-0.2, -0.15) is 5.26 Å². The van der Waals surface area contributed by atoms with Crippen molar-refractivity contribution in [3.8, 4) is 17.6 Å². The van der Waals surface area contributed by atoms with E-state index >= 15 is 0 Å². The van der Waals surface area contributed by atoms with Gasteiger partial charge in [0, 0.05) is 23.5 Å². The van der Waals surface area contributed by atoms with Gasteiger partial charge in [-0.3, -0.25) is 4.79 Å². The minimum absolute atomic E-state index is 0.103. The summed E-state index contributed by atoms with van der Waals surface area (Å²) in [5.74, 6) is 1.37. The standard InChI is InChI=1S/C23H23N3O3/c1-2-19(16-8-9-21-22(12-16)29-11-5-10-28-21)25-23(27)15-26-14-17(13-24)18-6-3-4-7-20(18)26/h3-4,6-9,12,14,19H,2,5,10-11,15H2,1H3,(H,25,27)/t19-/m0/s1. The maximum atomic E-state index is 12.8. The van der Waals surface area contributed by atoms with Crippen LogP contribution in [-0.4, -0.2) is 23.7 Å². The number of nitrogens with one attached hydrogen (secondary N) is 1. The van der Waals surface area contributed by atoms with E-state index in [0.717, 1.165) is 40.8 Å². The molecule has 4 rings (SSSR count). The molecule has 3 aromatic rings. The molecule has 148 valence electrons. The Morgan fingerprint density at radius 3 is 2.79 bits per heavy atom. The molecule has 0 fully saturated rings. The first-order chi connectivity index (χ1) is 14.2. The zero-order valence-electron chi connectivity index (χ0n) is 16.4. The Hall–Kier alpha value is -3.46. The molecule has 0 aliphatic carbocycles. The van der Waals surface area contributed by atoms with Crippen LogP contribution in [0.3, 0.4) is 0 Å². The van der Waals surface area contributed by atoms with Crippen molar-refractivity contribution in [3.63, 3.8) is 0 Å². The van der Waals surface area contributed by atoms with Gasteiger partial charge in [-0.1, -0.05) is 31.2 Å². The molecule has 0 spiro atoms. The average Bonchev–Trinajstić information content (AvgIpc) is 2.93. The molecule has 1 amide bonds. The molecule has 6 nitrogen and oxygen atoms in total. The highest BCUT2D eigenvalue weighted by atomic mass is 16.5. The molecular weight excluding hydrogens is 366 g/mol. The Morgan fingerprint density at radius 1 is 1.21 bits per heavy atom. The maximum Gasteiger partial charge on any atom is 0.240 e. The minimum Gasteiger partial charge on any atom is -0.490 e. The largest absolute Gasteiger partial charge is 0.490 e. The second kappa shape index (κ2) is 8.27. The van der Waals surface area contributed by atoms with Crippen LogP contribution in [0.25, 0.3) is 10.9 Å². The number of para-hydroxylation sites is 1. The molecule has 1 atom stereocenters. The second-order valence-corrected chi connectivity index (χ2v) is 7.08. The molecule has 1 N–H and O–H groups in total. The summed E-state index contributed by atoms with van der Waals surface area (Å²) in [5.41, 5.74) is 2.44. The van der Waals surface area contributed by atoms with E-state index in [2.05, 4.69) is 11.4 Å². The van der Waals surface area contributed by atoms with E-state index in [4.69, 9.17) is 9.47 Å². The summed E-state index contributed by atoms with van der Waals surface area (Å²) in [6, 6.07) is 15.5. The first-order valence-electron chi connectivity index (χ1n) is 9.86. The van der Waals surface area contributed by atoms with E-state index in [-0.39, 0.29) is 18.5 Å². The van der Waals surface area contributed by atoms with E-state index in [1.165, 1.54) is 0 Å². The molecule has 6 heteroatoms. The van der Waals surface area contributed by atoms with Crippen molar-refractivity contribution in [1.29, 1.82) is 5.26 Å². The molecule has 0 radical (unpaired) electrons. The second-order valence-electron chi connectivity index (χ2n) is 7.08. The predicted octanol–water partition coefficient (Wildman–Crippen LogP) is 3.94. The lowest BCUT2D eigenvalue weighted by atomic mass is 10.0. The average molecular weight is 389 g/mol. The van der Waals surface area contributed by atoms with Crippen LogP contribution in [-0.2, 0) is 11.3 Å². The number of nitrogens with zero attached hydrogens (tertiary/aromatic N) is 2. The van der Waals surface area contributed by atoms with Gasteiger partial charge in [0.1, 0.15) is 12.6 Å². The third-order valence-electron chi connectivity index (χ3n) is 5.14. The quantitative estimate of drug-likeness (QED) is 0.717. The fourth-order valence-electron chi connectivity index (χ4n) is 3.68. The van der Waals surface area contributed by atoms with Crippen molar-refractivity contribution in [2.24, 2.45) is 0 Å². The molecule has 0 unspecified atom stereocenters. The summed E-state index contributed by atoms with van der Waals surface area (Å²) in [6.07, 6.45) is 3.34. The fraction of sp³-hybridized carbons (Fsp3) is 0.304. The number of hydrogen-bond acceptors (Lipinski definition) is 4. The molecule has 0 bridgehead atoms. The zero-order chi connectivity index (χ0) is 20.2. The van der Waals surface area contributed by atoms with Gasteiger partial charge in [0.2, 0.25) is 5.91 Å².